The molecule has 0 radical (unpaired) electrons. The van der Waals surface area contributed by atoms with Crippen LogP contribution in [0.1, 0.15) is 10.4 Å². The number of para-hydroxylation sites is 2. The van der Waals surface area contributed by atoms with Crippen molar-refractivity contribution in [2.45, 2.75) is 0 Å². The molecular formula is C14H9ClN2O2. The van der Waals surface area contributed by atoms with E-state index in [2.05, 4.69) is 9.97 Å². The molecule has 5 heteroatoms. The summed E-state index contributed by atoms with van der Waals surface area (Å²) in [5.41, 5.74) is 2.15. The van der Waals surface area contributed by atoms with E-state index in [1.165, 1.54) is 6.07 Å². The number of benzene rings is 2. The second kappa shape index (κ2) is 4.40. The van der Waals surface area contributed by atoms with Crippen molar-refractivity contribution in [3.8, 4) is 11.4 Å². The summed E-state index contributed by atoms with van der Waals surface area (Å²) in [7, 11) is 0. The van der Waals surface area contributed by atoms with Crippen LogP contribution < -0.4 is 0 Å². The Labute approximate surface area is 113 Å². The van der Waals surface area contributed by atoms with Crippen molar-refractivity contribution in [1.82, 2.24) is 9.97 Å². The van der Waals surface area contributed by atoms with Crippen LogP contribution in [-0.2, 0) is 0 Å². The molecule has 0 bridgehead atoms. The fourth-order valence-corrected chi connectivity index (χ4v) is 2.28. The molecule has 4 nitrogen and oxygen atoms in total. The number of halogens is 1. The third kappa shape index (κ3) is 1.96. The van der Waals surface area contributed by atoms with Crippen LogP contribution in [0.15, 0.2) is 42.5 Å². The van der Waals surface area contributed by atoms with Gasteiger partial charge in [-0.2, -0.15) is 0 Å². The summed E-state index contributed by atoms with van der Waals surface area (Å²) < 4.78 is 0. The topological polar surface area (TPSA) is 66.0 Å². The smallest absolute Gasteiger partial charge is 0.336 e. The third-order valence-corrected chi connectivity index (χ3v) is 3.19. The van der Waals surface area contributed by atoms with Gasteiger partial charge in [0.2, 0.25) is 0 Å². The summed E-state index contributed by atoms with van der Waals surface area (Å²) in [6, 6.07) is 12.3. The predicted octanol–water partition coefficient (Wildman–Crippen LogP) is 3.58. The number of imidazole rings is 1. The fraction of sp³-hybridized carbons (Fsp3) is 0. The second-order valence-electron chi connectivity index (χ2n) is 4.07. The van der Waals surface area contributed by atoms with Gasteiger partial charge in [0.1, 0.15) is 5.82 Å². The number of rotatable bonds is 2. The molecule has 3 rings (SSSR count). The first-order chi connectivity index (χ1) is 9.16. The molecule has 2 aromatic carbocycles. The Kier molecular flexibility index (Phi) is 2.72. The molecule has 0 saturated carbocycles. The van der Waals surface area contributed by atoms with E-state index < -0.39 is 5.97 Å². The molecule has 0 aliphatic heterocycles. The molecule has 0 aliphatic carbocycles. The van der Waals surface area contributed by atoms with Gasteiger partial charge in [-0.25, -0.2) is 9.78 Å². The Bertz CT molecular complexity index is 747. The summed E-state index contributed by atoms with van der Waals surface area (Å²) in [6.45, 7) is 0. The minimum Gasteiger partial charge on any atom is -0.478 e. The van der Waals surface area contributed by atoms with Crippen molar-refractivity contribution < 1.29 is 9.90 Å². The highest BCUT2D eigenvalue weighted by Crippen LogP contribution is 2.30. The number of aromatic amines is 1. The molecule has 0 unspecified atom stereocenters. The summed E-state index contributed by atoms with van der Waals surface area (Å²) in [4.78, 5) is 18.7. The molecule has 0 atom stereocenters. The molecule has 1 heterocycles. The molecule has 3 aromatic rings. The molecule has 2 N–H and O–H groups in total. The Morgan fingerprint density at radius 2 is 1.95 bits per heavy atom. The Morgan fingerprint density at radius 1 is 1.16 bits per heavy atom. The van der Waals surface area contributed by atoms with Crippen molar-refractivity contribution in [2.24, 2.45) is 0 Å². The maximum Gasteiger partial charge on any atom is 0.336 e. The lowest BCUT2D eigenvalue weighted by molar-refractivity contribution is 0.0697. The van der Waals surface area contributed by atoms with Gasteiger partial charge in [-0.3, -0.25) is 0 Å². The standard InChI is InChI=1S/C14H9ClN2O2/c15-9-5-3-4-8(14(18)19)12(9)13-16-10-6-1-2-7-11(10)17-13/h1-7H,(H,16,17)(H,18,19). The maximum atomic E-state index is 11.3. The highest BCUT2D eigenvalue weighted by molar-refractivity contribution is 6.34. The molecule has 1 aromatic heterocycles. The van der Waals surface area contributed by atoms with Crippen LogP contribution in [0, 0.1) is 0 Å². The number of carbonyl (C=O) groups is 1. The predicted molar refractivity (Wildman–Crippen MR) is 73.5 cm³/mol. The number of aromatic carboxylic acids is 1. The molecule has 19 heavy (non-hydrogen) atoms. The van der Waals surface area contributed by atoms with Crippen molar-refractivity contribution in [3.63, 3.8) is 0 Å². The zero-order valence-electron chi connectivity index (χ0n) is 9.72. The highest BCUT2D eigenvalue weighted by atomic mass is 35.5. The van der Waals surface area contributed by atoms with E-state index >= 15 is 0 Å². The number of hydrogen-bond donors (Lipinski definition) is 2. The number of aromatic nitrogens is 2. The second-order valence-corrected chi connectivity index (χ2v) is 4.48. The Morgan fingerprint density at radius 3 is 2.68 bits per heavy atom. The van der Waals surface area contributed by atoms with Crippen molar-refractivity contribution in [2.75, 3.05) is 0 Å². The van der Waals surface area contributed by atoms with Crippen molar-refractivity contribution in [1.29, 1.82) is 0 Å². The zero-order valence-corrected chi connectivity index (χ0v) is 10.5. The van der Waals surface area contributed by atoms with Crippen LogP contribution in [0.3, 0.4) is 0 Å². The van der Waals surface area contributed by atoms with E-state index in [-0.39, 0.29) is 5.56 Å². The average molecular weight is 273 g/mol. The number of nitrogens with one attached hydrogen (secondary N) is 1. The van der Waals surface area contributed by atoms with E-state index in [1.807, 2.05) is 24.3 Å². The number of nitrogens with zero attached hydrogens (tertiary/aromatic N) is 1. The van der Waals surface area contributed by atoms with Crippen LogP contribution in [-0.4, -0.2) is 21.0 Å². The lowest BCUT2D eigenvalue weighted by Crippen LogP contribution is -2.00. The molecule has 0 fully saturated rings. The first kappa shape index (κ1) is 11.7. The zero-order chi connectivity index (χ0) is 13.4. The highest BCUT2D eigenvalue weighted by Gasteiger charge is 2.17. The molecule has 94 valence electrons. The van der Waals surface area contributed by atoms with Gasteiger partial charge in [0.25, 0.3) is 0 Å². The van der Waals surface area contributed by atoms with Crippen LogP contribution in [0.25, 0.3) is 22.4 Å². The van der Waals surface area contributed by atoms with Gasteiger partial charge in [0, 0.05) is 0 Å². The molecule has 0 saturated heterocycles. The van der Waals surface area contributed by atoms with Crippen molar-refractivity contribution >= 4 is 28.6 Å². The Balaban J connectivity index is 2.29. The largest absolute Gasteiger partial charge is 0.478 e. The average Bonchev–Trinajstić information content (AvgIpc) is 2.81. The van der Waals surface area contributed by atoms with E-state index in [1.54, 1.807) is 12.1 Å². The monoisotopic (exact) mass is 272 g/mol. The molecular weight excluding hydrogens is 264 g/mol. The minimum atomic E-state index is -1.03. The molecule has 0 amide bonds. The van der Waals surface area contributed by atoms with Crippen LogP contribution in [0.5, 0.6) is 0 Å². The number of carboxylic acid groups (broad SMARTS) is 1. The molecule has 0 aliphatic rings. The first-order valence-electron chi connectivity index (χ1n) is 5.64. The minimum absolute atomic E-state index is 0.131. The van der Waals surface area contributed by atoms with Gasteiger partial charge in [-0.1, -0.05) is 29.8 Å². The van der Waals surface area contributed by atoms with Gasteiger partial charge >= 0.3 is 5.97 Å². The van der Waals surface area contributed by atoms with Crippen molar-refractivity contribution in [3.05, 3.63) is 53.1 Å². The fourth-order valence-electron chi connectivity index (χ4n) is 2.01. The summed E-state index contributed by atoms with van der Waals surface area (Å²) in [5.74, 6) is -0.567. The van der Waals surface area contributed by atoms with Crippen LogP contribution >= 0.6 is 11.6 Å². The van der Waals surface area contributed by atoms with E-state index in [0.29, 0.717) is 16.4 Å². The van der Waals surface area contributed by atoms with Gasteiger partial charge < -0.3 is 10.1 Å². The quantitative estimate of drug-likeness (QED) is 0.749. The number of carboxylic acids is 1. The lowest BCUT2D eigenvalue weighted by Gasteiger charge is -2.04. The molecule has 0 spiro atoms. The van der Waals surface area contributed by atoms with Crippen LogP contribution in [0.4, 0.5) is 0 Å². The summed E-state index contributed by atoms with van der Waals surface area (Å²) in [5, 5.41) is 9.59. The first-order valence-corrected chi connectivity index (χ1v) is 6.01. The SMILES string of the molecule is O=C(O)c1cccc(Cl)c1-c1nc2ccccc2[nH]1. The van der Waals surface area contributed by atoms with Gasteiger partial charge in [-0.05, 0) is 24.3 Å². The maximum absolute atomic E-state index is 11.3. The van der Waals surface area contributed by atoms with Gasteiger partial charge in [0.05, 0.1) is 27.2 Å². The van der Waals surface area contributed by atoms with E-state index in [9.17, 15) is 9.90 Å². The Hall–Kier alpha value is -2.33. The summed E-state index contributed by atoms with van der Waals surface area (Å²) >= 11 is 6.11. The van der Waals surface area contributed by atoms with E-state index in [4.69, 9.17) is 11.6 Å². The number of hydrogen-bond acceptors (Lipinski definition) is 2. The van der Waals surface area contributed by atoms with Crippen LogP contribution in [0.2, 0.25) is 5.02 Å². The number of fused-ring (bicyclic) bond motifs is 1. The normalized spacial score (nSPS) is 10.8. The lowest BCUT2D eigenvalue weighted by atomic mass is 10.1. The number of H-pyrrole nitrogens is 1. The van der Waals surface area contributed by atoms with Gasteiger partial charge in [0.15, 0.2) is 0 Å². The summed E-state index contributed by atoms with van der Waals surface area (Å²) in [6.07, 6.45) is 0. The van der Waals surface area contributed by atoms with E-state index in [0.717, 1.165) is 11.0 Å². The third-order valence-electron chi connectivity index (χ3n) is 2.87. The van der Waals surface area contributed by atoms with Gasteiger partial charge in [-0.15, -0.1) is 0 Å².